The standard InChI is InChI=1S/C14H19ClN2O3S/c1-21(19,20)14(5-7-16-8-6-14)13(18)17-10-11-3-2-4-12(15)9-11/h2-4,9,16H,5-8,10H2,1H3,(H,17,18). The Hall–Kier alpha value is -1.11. The molecule has 116 valence electrons. The second-order valence-electron chi connectivity index (χ2n) is 5.33. The summed E-state index contributed by atoms with van der Waals surface area (Å²) in [6, 6.07) is 7.12. The molecular formula is C14H19ClN2O3S. The van der Waals surface area contributed by atoms with Crippen LogP contribution in [-0.4, -0.2) is 38.4 Å². The first kappa shape index (κ1) is 16.3. The first-order valence-electron chi connectivity index (χ1n) is 6.78. The summed E-state index contributed by atoms with van der Waals surface area (Å²) < 4.78 is 22.9. The Morgan fingerprint density at radius 1 is 1.38 bits per heavy atom. The number of nitrogens with one attached hydrogen (secondary N) is 2. The Bertz CT molecular complexity index is 625. The molecule has 5 nitrogen and oxygen atoms in total. The van der Waals surface area contributed by atoms with Gasteiger partial charge in [0.25, 0.3) is 0 Å². The predicted octanol–water partition coefficient (Wildman–Crippen LogP) is 1.12. The molecule has 2 N–H and O–H groups in total. The number of halogens is 1. The van der Waals surface area contributed by atoms with Gasteiger partial charge >= 0.3 is 0 Å². The average Bonchev–Trinajstić information content (AvgIpc) is 2.44. The van der Waals surface area contributed by atoms with Crippen LogP contribution in [0.25, 0.3) is 0 Å². The SMILES string of the molecule is CS(=O)(=O)C1(C(=O)NCc2cccc(Cl)c2)CCNCC1. The van der Waals surface area contributed by atoms with Gasteiger partial charge in [-0.15, -0.1) is 0 Å². The maximum atomic E-state index is 12.5. The third-order valence-corrected chi connectivity index (χ3v) is 6.13. The lowest BCUT2D eigenvalue weighted by Crippen LogP contribution is -2.57. The largest absolute Gasteiger partial charge is 0.351 e. The van der Waals surface area contributed by atoms with Crippen molar-refractivity contribution in [2.75, 3.05) is 19.3 Å². The van der Waals surface area contributed by atoms with Gasteiger partial charge in [0.05, 0.1) is 0 Å². The summed E-state index contributed by atoms with van der Waals surface area (Å²) in [7, 11) is -3.48. The molecule has 0 spiro atoms. The molecule has 1 aliphatic rings. The lowest BCUT2D eigenvalue weighted by atomic mass is 9.95. The number of amides is 1. The highest BCUT2D eigenvalue weighted by atomic mass is 35.5. The van der Waals surface area contributed by atoms with Crippen molar-refractivity contribution in [3.05, 3.63) is 34.9 Å². The maximum Gasteiger partial charge on any atom is 0.241 e. The van der Waals surface area contributed by atoms with E-state index >= 15 is 0 Å². The second kappa shape index (κ2) is 6.34. The summed E-state index contributed by atoms with van der Waals surface area (Å²) >= 11 is 5.89. The normalized spacial score (nSPS) is 18.2. The van der Waals surface area contributed by atoms with Crippen molar-refractivity contribution < 1.29 is 13.2 Å². The number of benzene rings is 1. The van der Waals surface area contributed by atoms with E-state index in [9.17, 15) is 13.2 Å². The number of rotatable bonds is 4. The maximum absolute atomic E-state index is 12.5. The minimum absolute atomic E-state index is 0.268. The molecule has 1 aromatic rings. The summed E-state index contributed by atoms with van der Waals surface area (Å²) in [6.45, 7) is 1.32. The monoisotopic (exact) mass is 330 g/mol. The molecule has 1 amide bonds. The van der Waals surface area contributed by atoms with Crippen LogP contribution < -0.4 is 10.6 Å². The van der Waals surface area contributed by atoms with Crippen LogP contribution in [0, 0.1) is 0 Å². The second-order valence-corrected chi connectivity index (χ2v) is 8.09. The molecule has 0 radical (unpaired) electrons. The molecule has 0 aromatic heterocycles. The Balaban J connectivity index is 2.13. The van der Waals surface area contributed by atoms with E-state index in [4.69, 9.17) is 11.6 Å². The molecule has 1 aliphatic heterocycles. The zero-order valence-electron chi connectivity index (χ0n) is 11.9. The van der Waals surface area contributed by atoms with Gasteiger partial charge < -0.3 is 10.6 Å². The zero-order chi connectivity index (χ0) is 15.5. The Morgan fingerprint density at radius 2 is 2.05 bits per heavy atom. The highest BCUT2D eigenvalue weighted by Gasteiger charge is 2.48. The van der Waals surface area contributed by atoms with Crippen LogP contribution in [-0.2, 0) is 21.2 Å². The van der Waals surface area contributed by atoms with Gasteiger partial charge in [0.1, 0.15) is 0 Å². The number of hydrogen-bond acceptors (Lipinski definition) is 4. The van der Waals surface area contributed by atoms with Gasteiger partial charge in [0.15, 0.2) is 14.6 Å². The molecular weight excluding hydrogens is 312 g/mol. The Labute approximate surface area is 130 Å². The highest BCUT2D eigenvalue weighted by Crippen LogP contribution is 2.28. The summed E-state index contributed by atoms with van der Waals surface area (Å²) in [5, 5.41) is 6.41. The quantitative estimate of drug-likeness (QED) is 0.867. The van der Waals surface area contributed by atoms with Gasteiger partial charge in [-0.25, -0.2) is 8.42 Å². The average molecular weight is 331 g/mol. The highest BCUT2D eigenvalue weighted by molar-refractivity contribution is 7.92. The molecule has 0 aliphatic carbocycles. The van der Waals surface area contributed by atoms with Crippen LogP contribution in [0.5, 0.6) is 0 Å². The summed E-state index contributed by atoms with van der Waals surface area (Å²) in [5.74, 6) is -0.425. The molecule has 21 heavy (non-hydrogen) atoms. The van der Waals surface area contributed by atoms with Crippen LogP contribution in [0.3, 0.4) is 0 Å². The van der Waals surface area contributed by atoms with Crippen LogP contribution in [0.15, 0.2) is 24.3 Å². The van der Waals surface area contributed by atoms with E-state index in [-0.39, 0.29) is 6.54 Å². The smallest absolute Gasteiger partial charge is 0.241 e. The Kier molecular flexibility index (Phi) is 4.91. The minimum atomic E-state index is -3.48. The summed E-state index contributed by atoms with van der Waals surface area (Å²) in [4.78, 5) is 12.5. The molecule has 0 atom stereocenters. The third kappa shape index (κ3) is 3.56. The van der Waals surface area contributed by atoms with E-state index in [1.807, 2.05) is 6.07 Å². The van der Waals surface area contributed by atoms with Crippen molar-refractivity contribution in [2.45, 2.75) is 24.1 Å². The minimum Gasteiger partial charge on any atom is -0.351 e. The van der Waals surface area contributed by atoms with Crippen LogP contribution >= 0.6 is 11.6 Å². The fourth-order valence-electron chi connectivity index (χ4n) is 2.59. The number of sulfone groups is 1. The van der Waals surface area contributed by atoms with E-state index in [0.717, 1.165) is 11.8 Å². The number of hydrogen-bond donors (Lipinski definition) is 2. The molecule has 1 aromatic carbocycles. The van der Waals surface area contributed by atoms with Crippen molar-refractivity contribution in [1.29, 1.82) is 0 Å². The van der Waals surface area contributed by atoms with Crippen LogP contribution in [0.4, 0.5) is 0 Å². The fraction of sp³-hybridized carbons (Fsp3) is 0.500. The number of carbonyl (C=O) groups excluding carboxylic acids is 1. The molecule has 2 rings (SSSR count). The van der Waals surface area contributed by atoms with Crippen molar-refractivity contribution in [2.24, 2.45) is 0 Å². The van der Waals surface area contributed by atoms with Crippen molar-refractivity contribution in [3.8, 4) is 0 Å². The lowest BCUT2D eigenvalue weighted by Gasteiger charge is -2.34. The van der Waals surface area contributed by atoms with Gasteiger partial charge in [-0.05, 0) is 43.6 Å². The van der Waals surface area contributed by atoms with Crippen molar-refractivity contribution in [1.82, 2.24) is 10.6 Å². The van der Waals surface area contributed by atoms with E-state index in [0.29, 0.717) is 31.0 Å². The molecule has 0 bridgehead atoms. The first-order chi connectivity index (χ1) is 9.85. The molecule has 1 heterocycles. The van der Waals surface area contributed by atoms with E-state index < -0.39 is 20.5 Å². The van der Waals surface area contributed by atoms with Crippen molar-refractivity contribution in [3.63, 3.8) is 0 Å². The van der Waals surface area contributed by atoms with Crippen molar-refractivity contribution >= 4 is 27.3 Å². The summed E-state index contributed by atoms with van der Waals surface area (Å²) in [5.41, 5.74) is 0.841. The van der Waals surface area contributed by atoms with E-state index in [1.165, 1.54) is 0 Å². The molecule has 1 saturated heterocycles. The number of piperidine rings is 1. The van der Waals surface area contributed by atoms with Gasteiger partial charge in [0.2, 0.25) is 5.91 Å². The molecule has 1 fully saturated rings. The zero-order valence-corrected chi connectivity index (χ0v) is 13.4. The van der Waals surface area contributed by atoms with E-state index in [2.05, 4.69) is 10.6 Å². The predicted molar refractivity (Wildman–Crippen MR) is 83.0 cm³/mol. The van der Waals surface area contributed by atoms with Gasteiger partial charge in [-0.1, -0.05) is 23.7 Å². The number of carbonyl (C=O) groups is 1. The van der Waals surface area contributed by atoms with Gasteiger partial charge in [-0.3, -0.25) is 4.79 Å². The first-order valence-corrected chi connectivity index (χ1v) is 9.05. The molecule has 0 saturated carbocycles. The molecule has 7 heteroatoms. The van der Waals surface area contributed by atoms with Crippen LogP contribution in [0.1, 0.15) is 18.4 Å². The van der Waals surface area contributed by atoms with Gasteiger partial charge in [-0.2, -0.15) is 0 Å². The molecule has 0 unspecified atom stereocenters. The van der Waals surface area contributed by atoms with Crippen LogP contribution in [0.2, 0.25) is 5.02 Å². The topological polar surface area (TPSA) is 75.3 Å². The van der Waals surface area contributed by atoms with Gasteiger partial charge in [0, 0.05) is 17.8 Å². The Morgan fingerprint density at radius 3 is 2.62 bits per heavy atom. The fourth-order valence-corrected chi connectivity index (χ4v) is 4.15. The summed E-state index contributed by atoms with van der Waals surface area (Å²) in [6.07, 6.45) is 1.73. The third-order valence-electron chi connectivity index (χ3n) is 3.88. The lowest BCUT2D eigenvalue weighted by molar-refractivity contribution is -0.124. The van der Waals surface area contributed by atoms with E-state index in [1.54, 1.807) is 18.2 Å².